The van der Waals surface area contributed by atoms with E-state index in [9.17, 15) is 0 Å². The first-order valence-corrected chi connectivity index (χ1v) is 9.30. The molecule has 0 N–H and O–H groups in total. The lowest BCUT2D eigenvalue weighted by Gasteiger charge is -2.29. The lowest BCUT2D eigenvalue weighted by atomic mass is 9.93. The summed E-state index contributed by atoms with van der Waals surface area (Å²) in [6.07, 6.45) is 17.2. The molecular formula is C19H42IN. The van der Waals surface area contributed by atoms with Crippen molar-refractivity contribution in [2.24, 2.45) is 5.92 Å². The summed E-state index contributed by atoms with van der Waals surface area (Å²) in [7, 11) is 7.04. The highest BCUT2D eigenvalue weighted by molar-refractivity contribution is 4.60. The molecule has 0 aliphatic heterocycles. The van der Waals surface area contributed by atoms with E-state index in [1.54, 1.807) is 0 Å². The summed E-state index contributed by atoms with van der Waals surface area (Å²) in [5, 5.41) is 0. The molecule has 0 aliphatic carbocycles. The van der Waals surface area contributed by atoms with E-state index in [0.29, 0.717) is 0 Å². The molecule has 0 aromatic heterocycles. The predicted octanol–water partition coefficient (Wildman–Crippen LogP) is 3.03. The van der Waals surface area contributed by atoms with Gasteiger partial charge in [0, 0.05) is 5.92 Å². The van der Waals surface area contributed by atoms with Crippen LogP contribution in [0.25, 0.3) is 0 Å². The van der Waals surface area contributed by atoms with Crippen molar-refractivity contribution >= 4 is 0 Å². The van der Waals surface area contributed by atoms with Gasteiger partial charge in [-0.2, -0.15) is 0 Å². The summed E-state index contributed by atoms with van der Waals surface area (Å²) < 4.78 is 1.13. The van der Waals surface area contributed by atoms with Crippen LogP contribution in [0.4, 0.5) is 0 Å². The summed E-state index contributed by atoms with van der Waals surface area (Å²) in [6, 6.07) is 0. The second-order valence-corrected chi connectivity index (χ2v) is 7.74. The number of unbranched alkanes of at least 4 members (excludes halogenated alkanes) is 8. The highest BCUT2D eigenvalue weighted by atomic mass is 127. The molecule has 1 nitrogen and oxygen atoms in total. The van der Waals surface area contributed by atoms with Crippen LogP contribution in [0.1, 0.15) is 90.9 Å². The lowest BCUT2D eigenvalue weighted by Crippen LogP contribution is -3.00. The summed E-state index contributed by atoms with van der Waals surface area (Å²) >= 11 is 0. The average Bonchev–Trinajstić information content (AvgIpc) is 2.36. The average molecular weight is 411 g/mol. The summed E-state index contributed by atoms with van der Waals surface area (Å²) in [5.74, 6) is 0.957. The molecule has 1 atom stereocenters. The molecule has 0 rings (SSSR count). The molecular weight excluding hydrogens is 369 g/mol. The Labute approximate surface area is 152 Å². The zero-order valence-electron chi connectivity index (χ0n) is 15.6. The third-order valence-corrected chi connectivity index (χ3v) is 4.24. The molecule has 0 saturated heterocycles. The molecule has 1 unspecified atom stereocenters. The maximum atomic E-state index is 2.35. The number of hydrogen-bond donors (Lipinski definition) is 0. The van der Waals surface area contributed by atoms with Crippen LogP contribution in [0.2, 0.25) is 0 Å². The summed E-state index contributed by atoms with van der Waals surface area (Å²) in [6.45, 7) is 5.97. The van der Waals surface area contributed by atoms with Gasteiger partial charge in [0.15, 0.2) is 0 Å². The standard InChI is InChI=1S/C19H42N.HI/c1-6-8-10-12-13-15-17-19(18-20(3,4)5)16-14-11-9-7-2;/h19H,6-18H2,1-5H3;1H/q+1;/p-1. The maximum Gasteiger partial charge on any atom is 0.0809 e. The van der Waals surface area contributed by atoms with Gasteiger partial charge in [-0.25, -0.2) is 0 Å². The van der Waals surface area contributed by atoms with Crippen LogP contribution >= 0.6 is 0 Å². The van der Waals surface area contributed by atoms with Gasteiger partial charge < -0.3 is 28.5 Å². The smallest absolute Gasteiger partial charge is 0.0809 e. The summed E-state index contributed by atoms with van der Waals surface area (Å²) in [5.41, 5.74) is 0. The largest absolute Gasteiger partial charge is 1.00 e. The van der Waals surface area contributed by atoms with E-state index in [-0.39, 0.29) is 24.0 Å². The first kappa shape index (κ1) is 23.9. The van der Waals surface area contributed by atoms with Crippen molar-refractivity contribution in [3.05, 3.63) is 0 Å². The molecule has 0 heterocycles. The van der Waals surface area contributed by atoms with Gasteiger partial charge in [0.05, 0.1) is 27.7 Å². The zero-order valence-corrected chi connectivity index (χ0v) is 17.8. The minimum Gasteiger partial charge on any atom is -1.00 e. The van der Waals surface area contributed by atoms with Gasteiger partial charge in [-0.05, 0) is 12.8 Å². The maximum absolute atomic E-state index is 2.35. The zero-order chi connectivity index (χ0) is 15.3. The Morgan fingerprint density at radius 1 is 0.619 bits per heavy atom. The SMILES string of the molecule is CCCCCCCCC(CCCCCC)C[N+](C)(C)C.[I-]. The molecule has 0 aliphatic rings. The van der Waals surface area contributed by atoms with Gasteiger partial charge >= 0.3 is 0 Å². The highest BCUT2D eigenvalue weighted by Gasteiger charge is 2.17. The van der Waals surface area contributed by atoms with Gasteiger partial charge in [-0.3, -0.25) is 0 Å². The van der Waals surface area contributed by atoms with Crippen molar-refractivity contribution in [1.29, 1.82) is 0 Å². The predicted molar refractivity (Wildman–Crippen MR) is 93.1 cm³/mol. The normalized spacial score (nSPS) is 13.0. The molecule has 0 aromatic carbocycles. The van der Waals surface area contributed by atoms with Gasteiger partial charge in [-0.1, -0.05) is 78.1 Å². The van der Waals surface area contributed by atoms with Crippen LogP contribution in [0, 0.1) is 5.92 Å². The Balaban J connectivity index is 0. The van der Waals surface area contributed by atoms with Crippen molar-refractivity contribution < 1.29 is 28.5 Å². The third-order valence-electron chi connectivity index (χ3n) is 4.24. The van der Waals surface area contributed by atoms with Crippen LogP contribution in [-0.4, -0.2) is 32.2 Å². The van der Waals surface area contributed by atoms with Gasteiger partial charge in [-0.15, -0.1) is 0 Å². The first-order chi connectivity index (χ1) is 9.49. The first-order valence-electron chi connectivity index (χ1n) is 9.30. The van der Waals surface area contributed by atoms with Crippen LogP contribution in [0.5, 0.6) is 0 Å². The molecule has 2 heteroatoms. The van der Waals surface area contributed by atoms with Crippen LogP contribution in [-0.2, 0) is 0 Å². The fourth-order valence-electron chi connectivity index (χ4n) is 3.17. The van der Waals surface area contributed by atoms with Crippen molar-refractivity contribution in [3.8, 4) is 0 Å². The topological polar surface area (TPSA) is 0 Å². The van der Waals surface area contributed by atoms with E-state index in [2.05, 4.69) is 35.0 Å². The van der Waals surface area contributed by atoms with Crippen LogP contribution in [0.15, 0.2) is 0 Å². The van der Waals surface area contributed by atoms with E-state index in [4.69, 9.17) is 0 Å². The second kappa shape index (κ2) is 15.6. The monoisotopic (exact) mass is 411 g/mol. The van der Waals surface area contributed by atoms with Crippen molar-refractivity contribution in [2.45, 2.75) is 90.9 Å². The molecule has 130 valence electrons. The van der Waals surface area contributed by atoms with Crippen molar-refractivity contribution in [3.63, 3.8) is 0 Å². The van der Waals surface area contributed by atoms with Gasteiger partial charge in [0.2, 0.25) is 0 Å². The Morgan fingerprint density at radius 2 is 1.00 bits per heavy atom. The summed E-state index contributed by atoms with van der Waals surface area (Å²) in [4.78, 5) is 0. The molecule has 0 bridgehead atoms. The Kier molecular flexibility index (Phi) is 17.8. The minimum atomic E-state index is 0. The number of hydrogen-bond acceptors (Lipinski definition) is 0. The van der Waals surface area contributed by atoms with Gasteiger partial charge in [0.1, 0.15) is 0 Å². The molecule has 0 fully saturated rings. The molecule has 0 aromatic rings. The van der Waals surface area contributed by atoms with E-state index < -0.39 is 0 Å². The number of quaternary nitrogens is 1. The fraction of sp³-hybridized carbons (Fsp3) is 1.00. The number of nitrogens with zero attached hydrogens (tertiary/aromatic N) is 1. The van der Waals surface area contributed by atoms with Crippen LogP contribution in [0.3, 0.4) is 0 Å². The Bertz CT molecular complexity index is 198. The van der Waals surface area contributed by atoms with E-state index in [1.165, 1.54) is 83.6 Å². The number of halogens is 1. The molecule has 0 saturated carbocycles. The van der Waals surface area contributed by atoms with Crippen LogP contribution < -0.4 is 24.0 Å². The molecule has 0 radical (unpaired) electrons. The Morgan fingerprint density at radius 3 is 1.43 bits per heavy atom. The molecule has 0 amide bonds. The third kappa shape index (κ3) is 18.6. The van der Waals surface area contributed by atoms with E-state index >= 15 is 0 Å². The quantitative estimate of drug-likeness (QED) is 0.234. The van der Waals surface area contributed by atoms with E-state index in [1.807, 2.05) is 0 Å². The number of rotatable bonds is 14. The van der Waals surface area contributed by atoms with Crippen molar-refractivity contribution in [1.82, 2.24) is 0 Å². The molecule has 21 heavy (non-hydrogen) atoms. The van der Waals surface area contributed by atoms with Crippen molar-refractivity contribution in [2.75, 3.05) is 27.7 Å². The van der Waals surface area contributed by atoms with Gasteiger partial charge in [0.25, 0.3) is 0 Å². The fourth-order valence-corrected chi connectivity index (χ4v) is 3.17. The van der Waals surface area contributed by atoms with E-state index in [0.717, 1.165) is 10.4 Å². The second-order valence-electron chi connectivity index (χ2n) is 7.74. The highest BCUT2D eigenvalue weighted by Crippen LogP contribution is 2.20. The molecule has 0 spiro atoms. The Hall–Kier alpha value is 0.690. The lowest BCUT2D eigenvalue weighted by molar-refractivity contribution is -0.874. The minimum absolute atomic E-state index is 0.